The average Bonchev–Trinajstić information content (AvgIpc) is 2.99. The number of halogens is 4. The number of carboxylic acids is 1. The van der Waals surface area contributed by atoms with Crippen LogP contribution in [0.3, 0.4) is 0 Å². The molecule has 4 rings (SSSR count). The number of nitrogens with one attached hydrogen (secondary N) is 1. The predicted molar refractivity (Wildman–Crippen MR) is 112 cm³/mol. The molecule has 0 unspecified atom stereocenters. The van der Waals surface area contributed by atoms with Crippen molar-refractivity contribution in [2.75, 3.05) is 31.1 Å². The maximum atomic E-state index is 12.8. The summed E-state index contributed by atoms with van der Waals surface area (Å²) in [6, 6.07) is 9.91. The van der Waals surface area contributed by atoms with Gasteiger partial charge in [-0.1, -0.05) is 30.3 Å². The van der Waals surface area contributed by atoms with Gasteiger partial charge in [-0.15, -0.1) is 0 Å². The second-order valence-corrected chi connectivity index (χ2v) is 7.28. The van der Waals surface area contributed by atoms with E-state index in [1.165, 1.54) is 4.57 Å². The average molecular weight is 473 g/mol. The molecule has 172 valence electrons. The van der Waals surface area contributed by atoms with Crippen molar-refractivity contribution in [3.05, 3.63) is 51.7 Å². The van der Waals surface area contributed by atoms with Crippen LogP contribution in [-0.2, 0) is 18.4 Å². The summed E-state index contributed by atoms with van der Waals surface area (Å²) in [5, 5.41) is 10.6. The van der Waals surface area contributed by atoms with Crippen molar-refractivity contribution in [2.24, 2.45) is 7.05 Å². The first-order valence-corrected chi connectivity index (χ1v) is 9.90. The van der Waals surface area contributed by atoms with Crippen LogP contribution in [0.2, 0.25) is 5.28 Å². The molecule has 0 bridgehead atoms. The molecule has 1 fully saturated rings. The summed E-state index contributed by atoms with van der Waals surface area (Å²) in [4.78, 5) is 32.6. The van der Waals surface area contributed by atoms with Gasteiger partial charge in [0.05, 0.1) is 6.54 Å². The first-order chi connectivity index (χ1) is 15.1. The van der Waals surface area contributed by atoms with Gasteiger partial charge in [0.2, 0.25) is 5.28 Å². The lowest BCUT2D eigenvalue weighted by Gasteiger charge is -2.29. The topological polar surface area (TPSA) is 105 Å². The Morgan fingerprint density at radius 2 is 1.78 bits per heavy atom. The van der Waals surface area contributed by atoms with Crippen LogP contribution in [0.1, 0.15) is 5.56 Å². The van der Waals surface area contributed by atoms with Gasteiger partial charge in [-0.05, 0) is 17.2 Å². The molecule has 0 aliphatic carbocycles. The predicted octanol–water partition coefficient (Wildman–Crippen LogP) is 1.87. The molecule has 9 nitrogen and oxygen atoms in total. The number of rotatable bonds is 3. The van der Waals surface area contributed by atoms with Gasteiger partial charge in [0.1, 0.15) is 5.52 Å². The Bertz CT molecular complexity index is 1160. The van der Waals surface area contributed by atoms with Gasteiger partial charge in [-0.25, -0.2) is 9.59 Å². The number of alkyl halides is 3. The number of fused-ring (bicyclic) bond motifs is 1. The van der Waals surface area contributed by atoms with Crippen LogP contribution in [-0.4, -0.2) is 62.5 Å². The highest BCUT2D eigenvalue weighted by molar-refractivity contribution is 6.28. The monoisotopic (exact) mass is 472 g/mol. The second kappa shape index (κ2) is 9.57. The standard InChI is InChI=1S/C17H19ClN6O.C2HF3O2/c1-22-14-13(24(17(22)25)11-12-5-3-2-4-6-12)15(21-16(18)20-14)23-9-7-19-8-10-23;3-2(4,5)1(6)7/h2-6,19H,7-11H2,1H3;(H,6,7). The number of aromatic nitrogens is 4. The molecule has 0 saturated carbocycles. The van der Waals surface area contributed by atoms with Gasteiger partial charge in [0.15, 0.2) is 11.5 Å². The van der Waals surface area contributed by atoms with E-state index in [2.05, 4.69) is 20.2 Å². The van der Waals surface area contributed by atoms with Crippen molar-refractivity contribution < 1.29 is 23.1 Å². The van der Waals surface area contributed by atoms with Crippen LogP contribution in [0, 0.1) is 0 Å². The third-order valence-corrected chi connectivity index (χ3v) is 4.94. The zero-order chi connectivity index (χ0) is 23.5. The van der Waals surface area contributed by atoms with Crippen molar-refractivity contribution in [3.63, 3.8) is 0 Å². The van der Waals surface area contributed by atoms with E-state index in [4.69, 9.17) is 21.5 Å². The van der Waals surface area contributed by atoms with Gasteiger partial charge in [-0.2, -0.15) is 23.1 Å². The normalized spacial score (nSPS) is 14.2. The van der Waals surface area contributed by atoms with Gasteiger partial charge in [0.25, 0.3) is 0 Å². The van der Waals surface area contributed by atoms with E-state index >= 15 is 0 Å². The van der Waals surface area contributed by atoms with Crippen LogP contribution in [0.15, 0.2) is 35.1 Å². The molecule has 3 aromatic rings. The molecule has 2 N–H and O–H groups in total. The summed E-state index contributed by atoms with van der Waals surface area (Å²) in [6.45, 7) is 3.85. The van der Waals surface area contributed by atoms with Gasteiger partial charge in [0, 0.05) is 33.2 Å². The smallest absolute Gasteiger partial charge is 0.475 e. The third-order valence-electron chi connectivity index (χ3n) is 4.77. The van der Waals surface area contributed by atoms with Crippen LogP contribution < -0.4 is 15.9 Å². The van der Waals surface area contributed by atoms with E-state index in [0.29, 0.717) is 12.2 Å². The molecule has 1 aliphatic heterocycles. The van der Waals surface area contributed by atoms with Gasteiger partial charge >= 0.3 is 17.8 Å². The maximum Gasteiger partial charge on any atom is 0.490 e. The van der Waals surface area contributed by atoms with E-state index in [-0.39, 0.29) is 11.0 Å². The highest BCUT2D eigenvalue weighted by Gasteiger charge is 2.38. The summed E-state index contributed by atoms with van der Waals surface area (Å²) in [6.07, 6.45) is -5.08. The highest BCUT2D eigenvalue weighted by Crippen LogP contribution is 2.25. The highest BCUT2D eigenvalue weighted by atomic mass is 35.5. The van der Waals surface area contributed by atoms with Crippen LogP contribution in [0.25, 0.3) is 11.2 Å². The van der Waals surface area contributed by atoms with E-state index in [0.717, 1.165) is 43.1 Å². The van der Waals surface area contributed by atoms with E-state index in [9.17, 15) is 18.0 Å². The minimum Gasteiger partial charge on any atom is -0.475 e. The fourth-order valence-electron chi connectivity index (χ4n) is 3.26. The van der Waals surface area contributed by atoms with E-state index in [1.807, 2.05) is 30.3 Å². The zero-order valence-electron chi connectivity index (χ0n) is 16.9. The van der Waals surface area contributed by atoms with Crippen molar-refractivity contribution >= 4 is 34.6 Å². The summed E-state index contributed by atoms with van der Waals surface area (Å²) in [5.74, 6) is -2.03. The fourth-order valence-corrected chi connectivity index (χ4v) is 3.42. The minimum atomic E-state index is -5.08. The van der Waals surface area contributed by atoms with E-state index < -0.39 is 12.1 Å². The number of anilines is 1. The number of benzene rings is 1. The Kier molecular flexibility index (Phi) is 7.04. The molecule has 0 amide bonds. The molecule has 13 heteroatoms. The van der Waals surface area contributed by atoms with Crippen molar-refractivity contribution in [3.8, 4) is 0 Å². The number of hydrogen-bond donors (Lipinski definition) is 2. The van der Waals surface area contributed by atoms with Crippen LogP contribution >= 0.6 is 11.6 Å². The summed E-state index contributed by atoms with van der Waals surface area (Å²) < 4.78 is 35.0. The molecule has 32 heavy (non-hydrogen) atoms. The summed E-state index contributed by atoms with van der Waals surface area (Å²) in [7, 11) is 1.72. The molecule has 2 aromatic heterocycles. The van der Waals surface area contributed by atoms with Gasteiger partial charge < -0.3 is 15.3 Å². The molecule has 3 heterocycles. The zero-order valence-corrected chi connectivity index (χ0v) is 17.7. The lowest BCUT2D eigenvalue weighted by Crippen LogP contribution is -2.44. The van der Waals surface area contributed by atoms with E-state index in [1.54, 1.807) is 11.6 Å². The maximum absolute atomic E-state index is 12.8. The molecule has 0 atom stereocenters. The number of nitrogens with zero attached hydrogens (tertiary/aromatic N) is 5. The summed E-state index contributed by atoms with van der Waals surface area (Å²) >= 11 is 6.15. The Balaban J connectivity index is 0.000000360. The molecule has 1 aromatic carbocycles. The largest absolute Gasteiger partial charge is 0.490 e. The molecular formula is C19H20ClF3N6O3. The SMILES string of the molecule is Cn1c(=O)n(Cc2ccccc2)c2c(N3CCNCC3)nc(Cl)nc21.O=C(O)C(F)(F)F. The number of carbonyl (C=O) groups is 1. The number of imidazole rings is 1. The van der Waals surface area contributed by atoms with Crippen LogP contribution in [0.5, 0.6) is 0 Å². The van der Waals surface area contributed by atoms with Crippen LogP contribution in [0.4, 0.5) is 19.0 Å². The lowest BCUT2D eigenvalue weighted by molar-refractivity contribution is -0.192. The molecule has 1 aliphatic rings. The fraction of sp³-hybridized carbons (Fsp3) is 0.368. The number of aliphatic carboxylic acids is 1. The number of aryl methyl sites for hydroxylation is 1. The Labute approximate surface area is 185 Å². The molecule has 1 saturated heterocycles. The molecule has 0 radical (unpaired) electrons. The first-order valence-electron chi connectivity index (χ1n) is 9.52. The second-order valence-electron chi connectivity index (χ2n) is 6.94. The Morgan fingerprint density at radius 1 is 1.19 bits per heavy atom. The number of carboxylic acid groups (broad SMARTS) is 1. The molecule has 0 spiro atoms. The number of hydrogen-bond acceptors (Lipinski definition) is 6. The summed E-state index contributed by atoms with van der Waals surface area (Å²) in [5.41, 5.74) is 2.24. The third kappa shape index (κ3) is 5.19. The van der Waals surface area contributed by atoms with Crippen molar-refractivity contribution in [1.82, 2.24) is 24.4 Å². The van der Waals surface area contributed by atoms with Gasteiger partial charge in [-0.3, -0.25) is 9.13 Å². The first kappa shape index (κ1) is 23.5. The Morgan fingerprint density at radius 3 is 2.34 bits per heavy atom. The van der Waals surface area contributed by atoms with Crippen molar-refractivity contribution in [2.45, 2.75) is 12.7 Å². The Hall–Kier alpha value is -3.12. The lowest BCUT2D eigenvalue weighted by atomic mass is 10.2. The number of piperazine rings is 1. The minimum absolute atomic E-state index is 0.119. The van der Waals surface area contributed by atoms with Crippen molar-refractivity contribution in [1.29, 1.82) is 0 Å². The molecular weight excluding hydrogens is 453 g/mol. The quantitative estimate of drug-likeness (QED) is 0.561.